The van der Waals surface area contributed by atoms with Gasteiger partial charge in [0.2, 0.25) is 0 Å². The van der Waals surface area contributed by atoms with Gasteiger partial charge in [-0.3, -0.25) is 4.79 Å². The molecule has 0 unspecified atom stereocenters. The van der Waals surface area contributed by atoms with Crippen molar-refractivity contribution in [2.24, 2.45) is 0 Å². The van der Waals surface area contributed by atoms with Gasteiger partial charge < -0.3 is 10.1 Å². The molecule has 0 aliphatic carbocycles. The van der Waals surface area contributed by atoms with Crippen LogP contribution >= 0.6 is 23.2 Å². The van der Waals surface area contributed by atoms with Crippen molar-refractivity contribution in [3.8, 4) is 11.6 Å². The van der Waals surface area contributed by atoms with Crippen molar-refractivity contribution >= 4 is 29.1 Å². The summed E-state index contributed by atoms with van der Waals surface area (Å²) in [6, 6.07) is 12.4. The Kier molecular flexibility index (Phi) is 5.98. The highest BCUT2D eigenvalue weighted by molar-refractivity contribution is 6.33. The van der Waals surface area contributed by atoms with E-state index < -0.39 is 0 Å². The van der Waals surface area contributed by atoms with Crippen LogP contribution in [0.15, 0.2) is 42.5 Å². The molecule has 0 radical (unpaired) electrons. The molecular formula is C19H18Cl2N4O2. The second-order valence-electron chi connectivity index (χ2n) is 5.90. The minimum Gasteiger partial charge on any atom is -0.492 e. The largest absolute Gasteiger partial charge is 0.492 e. The number of nitrogens with zero attached hydrogens (tertiary/aromatic N) is 3. The number of carbonyl (C=O) groups is 1. The van der Waals surface area contributed by atoms with Gasteiger partial charge in [-0.25, -0.2) is 9.67 Å². The third kappa shape index (κ3) is 4.78. The third-order valence-electron chi connectivity index (χ3n) is 3.73. The van der Waals surface area contributed by atoms with Crippen LogP contribution in [-0.2, 0) is 0 Å². The third-order valence-corrected chi connectivity index (χ3v) is 4.27. The van der Waals surface area contributed by atoms with Crippen molar-refractivity contribution in [1.82, 2.24) is 20.1 Å². The van der Waals surface area contributed by atoms with Gasteiger partial charge in [0, 0.05) is 10.7 Å². The maximum atomic E-state index is 12.4. The predicted molar refractivity (Wildman–Crippen MR) is 105 cm³/mol. The maximum absolute atomic E-state index is 12.4. The molecule has 8 heteroatoms. The van der Waals surface area contributed by atoms with Crippen molar-refractivity contribution in [2.45, 2.75) is 13.8 Å². The Labute approximate surface area is 167 Å². The summed E-state index contributed by atoms with van der Waals surface area (Å²) in [5, 5.41) is 7.99. The number of aryl methyl sites for hydroxylation is 2. The smallest absolute Gasteiger partial charge is 0.271 e. The van der Waals surface area contributed by atoms with Crippen LogP contribution in [0.25, 0.3) is 5.82 Å². The van der Waals surface area contributed by atoms with Crippen LogP contribution in [0.2, 0.25) is 10.0 Å². The lowest BCUT2D eigenvalue weighted by atomic mass is 10.3. The average molecular weight is 405 g/mol. The summed E-state index contributed by atoms with van der Waals surface area (Å²) in [7, 11) is 0. The lowest BCUT2D eigenvalue weighted by molar-refractivity contribution is 0.0942. The number of nitrogens with one attached hydrogen (secondary N) is 1. The van der Waals surface area contributed by atoms with Gasteiger partial charge in [0.15, 0.2) is 5.82 Å². The quantitative estimate of drug-likeness (QED) is 0.630. The second-order valence-corrected chi connectivity index (χ2v) is 6.74. The molecule has 0 aliphatic heterocycles. The highest BCUT2D eigenvalue weighted by atomic mass is 35.5. The molecule has 6 nitrogen and oxygen atoms in total. The number of ether oxygens (including phenoxy) is 1. The molecule has 0 saturated carbocycles. The lowest BCUT2D eigenvalue weighted by Gasteiger charge is -2.10. The topological polar surface area (TPSA) is 69.0 Å². The van der Waals surface area contributed by atoms with Crippen molar-refractivity contribution in [2.75, 3.05) is 13.2 Å². The summed E-state index contributed by atoms with van der Waals surface area (Å²) in [5.74, 6) is 0.794. The number of pyridine rings is 1. The summed E-state index contributed by atoms with van der Waals surface area (Å²) >= 11 is 12.1. The minimum atomic E-state index is -0.377. The van der Waals surface area contributed by atoms with Crippen LogP contribution in [0.5, 0.6) is 5.75 Å². The molecule has 0 fully saturated rings. The van der Waals surface area contributed by atoms with Crippen molar-refractivity contribution in [1.29, 1.82) is 0 Å². The van der Waals surface area contributed by atoms with E-state index in [-0.39, 0.29) is 16.6 Å². The number of aromatic nitrogens is 3. The Hall–Kier alpha value is -2.57. The van der Waals surface area contributed by atoms with E-state index in [1.165, 1.54) is 0 Å². The molecule has 0 atom stereocenters. The zero-order valence-electron chi connectivity index (χ0n) is 14.9. The van der Waals surface area contributed by atoms with E-state index in [1.807, 2.05) is 19.9 Å². The average Bonchev–Trinajstić information content (AvgIpc) is 2.97. The number of rotatable bonds is 6. The van der Waals surface area contributed by atoms with Gasteiger partial charge in [-0.05, 0) is 50.2 Å². The summed E-state index contributed by atoms with van der Waals surface area (Å²) in [4.78, 5) is 16.8. The van der Waals surface area contributed by atoms with Crippen LogP contribution in [0.4, 0.5) is 0 Å². The van der Waals surface area contributed by atoms with Crippen LogP contribution < -0.4 is 10.1 Å². The van der Waals surface area contributed by atoms with E-state index in [0.29, 0.717) is 29.7 Å². The SMILES string of the molecule is Cc1cc(C)n(-c2ccc(Cl)c(C(=O)NCCOc3cccc(Cl)c3)n2)n1. The first-order chi connectivity index (χ1) is 12.9. The summed E-state index contributed by atoms with van der Waals surface area (Å²) in [6.07, 6.45) is 0. The normalized spacial score (nSPS) is 10.7. The van der Waals surface area contributed by atoms with Crippen LogP contribution in [-0.4, -0.2) is 33.8 Å². The molecule has 2 heterocycles. The molecule has 3 rings (SSSR count). The lowest BCUT2D eigenvalue weighted by Crippen LogP contribution is -2.29. The van der Waals surface area contributed by atoms with Gasteiger partial charge in [0.1, 0.15) is 18.1 Å². The van der Waals surface area contributed by atoms with Gasteiger partial charge in [-0.15, -0.1) is 0 Å². The molecule has 0 saturated heterocycles. The predicted octanol–water partition coefficient (Wildman–Crippen LogP) is 4.00. The molecule has 27 heavy (non-hydrogen) atoms. The van der Waals surface area contributed by atoms with Crippen molar-refractivity contribution in [3.63, 3.8) is 0 Å². The first-order valence-corrected chi connectivity index (χ1v) is 9.06. The molecule has 0 aliphatic rings. The first kappa shape index (κ1) is 19.2. The summed E-state index contributed by atoms with van der Waals surface area (Å²) in [6.45, 7) is 4.41. The van der Waals surface area contributed by atoms with E-state index in [4.69, 9.17) is 27.9 Å². The Morgan fingerprint density at radius 1 is 1.19 bits per heavy atom. The molecular weight excluding hydrogens is 387 g/mol. The van der Waals surface area contributed by atoms with E-state index in [0.717, 1.165) is 11.4 Å². The summed E-state index contributed by atoms with van der Waals surface area (Å²) < 4.78 is 7.22. The molecule has 3 aromatic rings. The fourth-order valence-electron chi connectivity index (χ4n) is 2.54. The molecule has 1 amide bonds. The van der Waals surface area contributed by atoms with E-state index >= 15 is 0 Å². The van der Waals surface area contributed by atoms with Gasteiger partial charge in [0.05, 0.1) is 17.3 Å². The van der Waals surface area contributed by atoms with Gasteiger partial charge >= 0.3 is 0 Å². The number of carbonyl (C=O) groups excluding carboxylic acids is 1. The highest BCUT2D eigenvalue weighted by Crippen LogP contribution is 2.18. The maximum Gasteiger partial charge on any atom is 0.271 e. The summed E-state index contributed by atoms with van der Waals surface area (Å²) in [5.41, 5.74) is 1.93. The second kappa shape index (κ2) is 8.41. The number of hydrogen-bond acceptors (Lipinski definition) is 4. The van der Waals surface area contributed by atoms with Gasteiger partial charge in [-0.1, -0.05) is 29.3 Å². The fraction of sp³-hybridized carbons (Fsp3) is 0.211. The standard InChI is InChI=1S/C19H18Cl2N4O2/c1-12-10-13(2)25(24-12)17-7-6-16(21)18(23-17)19(26)22-8-9-27-15-5-3-4-14(20)11-15/h3-7,10-11H,8-9H2,1-2H3,(H,22,26). The fourth-order valence-corrected chi connectivity index (χ4v) is 2.92. The molecule has 0 spiro atoms. The minimum absolute atomic E-state index is 0.143. The zero-order chi connectivity index (χ0) is 19.4. The number of amides is 1. The van der Waals surface area contributed by atoms with E-state index in [9.17, 15) is 4.79 Å². The van der Waals surface area contributed by atoms with Gasteiger partial charge in [-0.2, -0.15) is 5.10 Å². The Bertz CT molecular complexity index is 972. The van der Waals surface area contributed by atoms with Crippen molar-refractivity contribution < 1.29 is 9.53 Å². The molecule has 2 aromatic heterocycles. The van der Waals surface area contributed by atoms with E-state index in [2.05, 4.69) is 15.4 Å². The Morgan fingerprint density at radius 2 is 2.00 bits per heavy atom. The van der Waals surface area contributed by atoms with E-state index in [1.54, 1.807) is 41.1 Å². The molecule has 0 bridgehead atoms. The molecule has 1 aromatic carbocycles. The Balaban J connectivity index is 1.64. The number of hydrogen-bond donors (Lipinski definition) is 1. The van der Waals surface area contributed by atoms with Crippen LogP contribution in [0, 0.1) is 13.8 Å². The zero-order valence-corrected chi connectivity index (χ0v) is 16.4. The van der Waals surface area contributed by atoms with Gasteiger partial charge in [0.25, 0.3) is 5.91 Å². The molecule has 140 valence electrons. The van der Waals surface area contributed by atoms with Crippen LogP contribution in [0.3, 0.4) is 0 Å². The Morgan fingerprint density at radius 3 is 2.70 bits per heavy atom. The molecule has 1 N–H and O–H groups in total. The van der Waals surface area contributed by atoms with Crippen LogP contribution in [0.1, 0.15) is 21.9 Å². The van der Waals surface area contributed by atoms with Crippen molar-refractivity contribution in [3.05, 3.63) is 69.6 Å². The number of halogens is 2. The highest BCUT2D eigenvalue weighted by Gasteiger charge is 2.15. The monoisotopic (exact) mass is 404 g/mol. The number of benzene rings is 1. The first-order valence-electron chi connectivity index (χ1n) is 8.31.